The number of hydrogen-bond donors (Lipinski definition) is 3. The third-order valence-electron chi connectivity index (χ3n) is 4.96. The maximum atomic E-state index is 12.1. The molecule has 146 valence electrons. The quantitative estimate of drug-likeness (QED) is 0.707. The highest BCUT2D eigenvalue weighted by Crippen LogP contribution is 2.33. The van der Waals surface area contributed by atoms with E-state index in [-0.39, 0.29) is 29.9 Å². The number of amides is 2. The number of anilines is 1. The zero-order valence-corrected chi connectivity index (χ0v) is 15.7. The molecule has 28 heavy (non-hydrogen) atoms. The van der Waals surface area contributed by atoms with Crippen LogP contribution in [0.5, 0.6) is 5.75 Å². The number of phenols is 1. The highest BCUT2D eigenvalue weighted by Gasteiger charge is 2.35. The van der Waals surface area contributed by atoms with Crippen molar-refractivity contribution in [3.05, 3.63) is 59.2 Å². The number of nitrogens with one attached hydrogen (secondary N) is 2. The van der Waals surface area contributed by atoms with E-state index in [2.05, 4.69) is 5.32 Å². The topological polar surface area (TPSA) is 116 Å². The first kappa shape index (κ1) is 18.3. The molecule has 4 rings (SSSR count). The summed E-state index contributed by atoms with van der Waals surface area (Å²) in [6.45, 7) is -0.374. The molecule has 3 N–H and O–H groups in total. The predicted octanol–water partition coefficient (Wildman–Crippen LogP) is 0.919. The fourth-order valence-corrected chi connectivity index (χ4v) is 4.82. The van der Waals surface area contributed by atoms with Crippen molar-refractivity contribution >= 4 is 27.7 Å². The lowest BCUT2D eigenvalue weighted by molar-refractivity contribution is -0.121. The van der Waals surface area contributed by atoms with Crippen molar-refractivity contribution in [2.24, 2.45) is 0 Å². The highest BCUT2D eigenvalue weighted by molar-refractivity contribution is 7.92. The molecule has 2 aromatic carbocycles. The summed E-state index contributed by atoms with van der Waals surface area (Å²) in [6, 6.07) is 12.2. The van der Waals surface area contributed by atoms with E-state index in [0.29, 0.717) is 19.3 Å². The van der Waals surface area contributed by atoms with Crippen LogP contribution in [0.4, 0.5) is 5.69 Å². The van der Waals surface area contributed by atoms with Crippen LogP contribution in [0.15, 0.2) is 42.5 Å². The van der Waals surface area contributed by atoms with Gasteiger partial charge in [-0.15, -0.1) is 0 Å². The average molecular weight is 401 g/mol. The van der Waals surface area contributed by atoms with Crippen LogP contribution in [0.3, 0.4) is 0 Å². The number of aryl methyl sites for hydroxylation is 1. The van der Waals surface area contributed by atoms with Crippen molar-refractivity contribution in [2.75, 3.05) is 10.8 Å². The third-order valence-corrected chi connectivity index (χ3v) is 6.35. The molecule has 2 aliphatic rings. The molecule has 1 atom stereocenters. The Kier molecular flexibility index (Phi) is 4.46. The molecule has 0 unspecified atom stereocenters. The Balaban J connectivity index is 1.62. The molecule has 0 aromatic heterocycles. The van der Waals surface area contributed by atoms with Crippen LogP contribution < -0.4 is 14.3 Å². The Hall–Kier alpha value is -3.07. The molecule has 1 fully saturated rings. The summed E-state index contributed by atoms with van der Waals surface area (Å²) in [5, 5.41) is 13.4. The zero-order chi connectivity index (χ0) is 19.9. The number of phenolic OH excluding ortho intramolecular Hbond substituents is 1. The summed E-state index contributed by atoms with van der Waals surface area (Å²) in [6.07, 6.45) is 1.54. The van der Waals surface area contributed by atoms with Gasteiger partial charge in [0.05, 0.1) is 11.7 Å². The standard InChI is InChI=1S/C19H19N3O5S/c23-17-10-12(5-7-16(17)22-11-19(25)21-28(22,26)27)9-15-14-4-2-1-3-13(14)6-8-18(24)20-15/h1-5,7,10,15,23H,6,8-9,11H2,(H,20,24)(H,21,25)/t15-/m1/s1. The smallest absolute Gasteiger partial charge is 0.326 e. The van der Waals surface area contributed by atoms with Gasteiger partial charge < -0.3 is 10.4 Å². The molecule has 0 saturated carbocycles. The molecule has 1 saturated heterocycles. The van der Waals surface area contributed by atoms with Crippen molar-refractivity contribution in [3.8, 4) is 5.75 Å². The highest BCUT2D eigenvalue weighted by atomic mass is 32.2. The SMILES string of the molecule is O=C1CCc2ccccc2[C@@H](Cc2ccc(N3CC(=O)NS3(=O)=O)c(O)c2)N1. The lowest BCUT2D eigenvalue weighted by Gasteiger charge is -2.20. The third kappa shape index (κ3) is 3.40. The van der Waals surface area contributed by atoms with Gasteiger partial charge in [-0.1, -0.05) is 30.3 Å². The van der Waals surface area contributed by atoms with E-state index in [4.69, 9.17) is 0 Å². The van der Waals surface area contributed by atoms with Gasteiger partial charge in [-0.3, -0.25) is 9.59 Å². The lowest BCUT2D eigenvalue weighted by atomic mass is 9.94. The molecule has 8 nitrogen and oxygen atoms in total. The first-order valence-electron chi connectivity index (χ1n) is 8.86. The van der Waals surface area contributed by atoms with E-state index in [1.165, 1.54) is 12.1 Å². The van der Waals surface area contributed by atoms with Crippen molar-refractivity contribution in [1.82, 2.24) is 10.0 Å². The van der Waals surface area contributed by atoms with Gasteiger partial charge in [0.1, 0.15) is 12.3 Å². The van der Waals surface area contributed by atoms with Crippen LogP contribution in [0.1, 0.15) is 29.2 Å². The number of carbonyl (C=O) groups excluding carboxylic acids is 2. The largest absolute Gasteiger partial charge is 0.506 e. The fraction of sp³-hybridized carbons (Fsp3) is 0.263. The van der Waals surface area contributed by atoms with E-state index >= 15 is 0 Å². The summed E-state index contributed by atoms with van der Waals surface area (Å²) in [4.78, 5) is 23.5. The molecule has 0 bridgehead atoms. The van der Waals surface area contributed by atoms with Crippen molar-refractivity contribution < 1.29 is 23.1 Å². The second-order valence-electron chi connectivity index (χ2n) is 6.88. The van der Waals surface area contributed by atoms with Crippen LogP contribution in [0, 0.1) is 0 Å². The van der Waals surface area contributed by atoms with Gasteiger partial charge in [-0.25, -0.2) is 9.03 Å². The van der Waals surface area contributed by atoms with E-state index in [9.17, 15) is 23.1 Å². The van der Waals surface area contributed by atoms with Crippen molar-refractivity contribution in [2.45, 2.75) is 25.3 Å². The van der Waals surface area contributed by atoms with Gasteiger partial charge in [0.15, 0.2) is 0 Å². The van der Waals surface area contributed by atoms with E-state index in [0.717, 1.165) is 21.0 Å². The average Bonchev–Trinajstić information content (AvgIpc) is 2.81. The van der Waals surface area contributed by atoms with Crippen LogP contribution >= 0.6 is 0 Å². The maximum Gasteiger partial charge on any atom is 0.326 e. The van der Waals surface area contributed by atoms with Gasteiger partial charge in [0.2, 0.25) is 5.91 Å². The summed E-state index contributed by atoms with van der Waals surface area (Å²) in [7, 11) is -3.99. The number of hydrogen-bond acceptors (Lipinski definition) is 5. The monoisotopic (exact) mass is 401 g/mol. The van der Waals surface area contributed by atoms with Crippen LogP contribution in [0.2, 0.25) is 0 Å². The van der Waals surface area contributed by atoms with Crippen molar-refractivity contribution in [3.63, 3.8) is 0 Å². The molecule has 2 aliphatic heterocycles. The van der Waals surface area contributed by atoms with Gasteiger partial charge in [-0.05, 0) is 41.7 Å². The first-order chi connectivity index (χ1) is 13.3. The number of benzene rings is 2. The molecule has 2 aromatic rings. The van der Waals surface area contributed by atoms with Crippen LogP contribution in [-0.4, -0.2) is 31.9 Å². The number of aromatic hydroxyl groups is 1. The van der Waals surface area contributed by atoms with Gasteiger partial charge in [0.25, 0.3) is 5.91 Å². The van der Waals surface area contributed by atoms with Crippen LogP contribution in [0.25, 0.3) is 0 Å². The minimum absolute atomic E-state index is 0.0326. The summed E-state index contributed by atoms with van der Waals surface area (Å²) >= 11 is 0. The molecule has 0 radical (unpaired) electrons. The number of carbonyl (C=O) groups is 2. The summed E-state index contributed by atoms with van der Waals surface area (Å²) in [5.41, 5.74) is 2.92. The fourth-order valence-electron chi connectivity index (χ4n) is 3.66. The van der Waals surface area contributed by atoms with E-state index in [1.54, 1.807) is 6.07 Å². The second-order valence-corrected chi connectivity index (χ2v) is 8.48. The van der Waals surface area contributed by atoms with Gasteiger partial charge >= 0.3 is 10.2 Å². The number of nitrogens with zero attached hydrogens (tertiary/aromatic N) is 1. The molecule has 2 amide bonds. The second kappa shape index (κ2) is 6.83. The normalized spacial score (nSPS) is 20.9. The van der Waals surface area contributed by atoms with Crippen LogP contribution in [-0.2, 0) is 32.6 Å². The van der Waals surface area contributed by atoms with Crippen molar-refractivity contribution in [1.29, 1.82) is 0 Å². The molecular weight excluding hydrogens is 382 g/mol. The molecule has 0 aliphatic carbocycles. The minimum atomic E-state index is -3.99. The lowest BCUT2D eigenvalue weighted by Crippen LogP contribution is -2.29. The van der Waals surface area contributed by atoms with E-state index < -0.39 is 16.1 Å². The zero-order valence-electron chi connectivity index (χ0n) is 14.9. The predicted molar refractivity (Wildman–Crippen MR) is 102 cm³/mol. The Bertz CT molecular complexity index is 1070. The van der Waals surface area contributed by atoms with E-state index in [1.807, 2.05) is 29.0 Å². The Morgan fingerprint density at radius 3 is 2.57 bits per heavy atom. The maximum absolute atomic E-state index is 12.1. The number of rotatable bonds is 3. The first-order valence-corrected chi connectivity index (χ1v) is 10.3. The Morgan fingerprint density at radius 2 is 1.86 bits per heavy atom. The molecule has 0 spiro atoms. The molecule has 2 heterocycles. The Morgan fingerprint density at radius 1 is 1.07 bits per heavy atom. The summed E-state index contributed by atoms with van der Waals surface area (Å²) in [5.74, 6) is -0.929. The van der Waals surface area contributed by atoms with Gasteiger partial charge in [0, 0.05) is 6.42 Å². The van der Waals surface area contributed by atoms with Gasteiger partial charge in [-0.2, -0.15) is 8.42 Å². The molecule has 9 heteroatoms. The summed E-state index contributed by atoms with van der Waals surface area (Å²) < 4.78 is 26.7. The minimum Gasteiger partial charge on any atom is -0.506 e. The Labute approximate surface area is 162 Å². The molecular formula is C19H19N3O5S. The number of fused-ring (bicyclic) bond motifs is 1.